The molecule has 1 aliphatic rings. The van der Waals surface area contributed by atoms with Gasteiger partial charge < -0.3 is 10.0 Å². The second-order valence-electron chi connectivity index (χ2n) is 5.64. The third kappa shape index (κ3) is 1.94. The van der Waals surface area contributed by atoms with Crippen molar-refractivity contribution in [3.05, 3.63) is 30.1 Å². The Morgan fingerprint density at radius 2 is 2.16 bits per heavy atom. The van der Waals surface area contributed by atoms with Crippen LogP contribution in [-0.4, -0.2) is 33.4 Å². The summed E-state index contributed by atoms with van der Waals surface area (Å²) in [6.45, 7) is 5.40. The summed E-state index contributed by atoms with van der Waals surface area (Å²) in [7, 11) is 0. The van der Waals surface area contributed by atoms with Gasteiger partial charge in [-0.1, -0.05) is 0 Å². The molecule has 1 N–H and O–H groups in total. The number of hydrogen-bond acceptors (Lipinski definition) is 4. The fourth-order valence-electron chi connectivity index (χ4n) is 2.38. The zero-order valence-corrected chi connectivity index (χ0v) is 11.0. The lowest BCUT2D eigenvalue weighted by Crippen LogP contribution is -2.55. The smallest absolute Gasteiger partial charge is 0.103 e. The lowest BCUT2D eigenvalue weighted by atomic mass is 9.84. The SMILES string of the molecule is CC(C)(O)C1CN(c2ccc3c(C#N)cnn3c2)C1. The first kappa shape index (κ1) is 12.0. The maximum atomic E-state index is 9.93. The molecule has 0 amide bonds. The first-order valence-electron chi connectivity index (χ1n) is 6.34. The highest BCUT2D eigenvalue weighted by Crippen LogP contribution is 2.31. The number of aliphatic hydroxyl groups is 1. The average molecular weight is 256 g/mol. The lowest BCUT2D eigenvalue weighted by Gasteiger charge is -2.46. The van der Waals surface area contributed by atoms with E-state index < -0.39 is 5.60 Å². The van der Waals surface area contributed by atoms with E-state index in [0.717, 1.165) is 24.3 Å². The van der Waals surface area contributed by atoms with Crippen LogP contribution in [0.5, 0.6) is 0 Å². The number of rotatable bonds is 2. The Morgan fingerprint density at radius 1 is 1.42 bits per heavy atom. The molecular formula is C14H16N4O. The van der Waals surface area contributed by atoms with Crippen molar-refractivity contribution in [2.75, 3.05) is 18.0 Å². The molecule has 0 unspecified atom stereocenters. The van der Waals surface area contributed by atoms with E-state index in [1.807, 2.05) is 32.2 Å². The Morgan fingerprint density at radius 3 is 2.79 bits per heavy atom. The molecule has 1 fully saturated rings. The first-order valence-corrected chi connectivity index (χ1v) is 6.34. The van der Waals surface area contributed by atoms with Gasteiger partial charge in [0.15, 0.2) is 0 Å². The van der Waals surface area contributed by atoms with Crippen LogP contribution in [0.25, 0.3) is 5.52 Å². The van der Waals surface area contributed by atoms with E-state index in [0.29, 0.717) is 11.5 Å². The van der Waals surface area contributed by atoms with Gasteiger partial charge in [0.2, 0.25) is 0 Å². The normalized spacial score (nSPS) is 16.4. The summed E-state index contributed by atoms with van der Waals surface area (Å²) in [6, 6.07) is 6.04. The molecule has 0 aliphatic carbocycles. The van der Waals surface area contributed by atoms with Gasteiger partial charge in [0.25, 0.3) is 0 Å². The highest BCUT2D eigenvalue weighted by Gasteiger charge is 2.37. The van der Waals surface area contributed by atoms with E-state index in [2.05, 4.69) is 16.1 Å². The molecule has 0 bridgehead atoms. The molecule has 3 rings (SSSR count). The molecule has 0 radical (unpaired) electrons. The van der Waals surface area contributed by atoms with Gasteiger partial charge in [-0.05, 0) is 26.0 Å². The minimum Gasteiger partial charge on any atom is -0.390 e. The molecule has 0 saturated carbocycles. The molecule has 0 atom stereocenters. The fraction of sp³-hybridized carbons (Fsp3) is 0.429. The molecule has 1 aliphatic heterocycles. The molecule has 0 spiro atoms. The summed E-state index contributed by atoms with van der Waals surface area (Å²) >= 11 is 0. The van der Waals surface area contributed by atoms with E-state index in [9.17, 15) is 5.11 Å². The number of pyridine rings is 1. The van der Waals surface area contributed by atoms with Crippen LogP contribution in [0.1, 0.15) is 19.4 Å². The van der Waals surface area contributed by atoms with E-state index in [1.54, 1.807) is 10.7 Å². The van der Waals surface area contributed by atoms with Crippen molar-refractivity contribution in [2.45, 2.75) is 19.4 Å². The van der Waals surface area contributed by atoms with Crippen molar-refractivity contribution in [3.63, 3.8) is 0 Å². The summed E-state index contributed by atoms with van der Waals surface area (Å²) in [5, 5.41) is 23.0. The summed E-state index contributed by atoms with van der Waals surface area (Å²) in [5.74, 6) is 0.301. The van der Waals surface area contributed by atoms with Crippen LogP contribution in [-0.2, 0) is 0 Å². The number of nitrogens with zero attached hydrogens (tertiary/aromatic N) is 4. The summed E-state index contributed by atoms with van der Waals surface area (Å²) in [6.07, 6.45) is 3.51. The average Bonchev–Trinajstić information content (AvgIpc) is 2.67. The molecular weight excluding hydrogens is 240 g/mol. The molecule has 1 saturated heterocycles. The Kier molecular flexibility index (Phi) is 2.51. The van der Waals surface area contributed by atoms with Crippen LogP contribution in [0.2, 0.25) is 0 Å². The predicted molar refractivity (Wildman–Crippen MR) is 71.9 cm³/mol. The number of aromatic nitrogens is 2. The number of fused-ring (bicyclic) bond motifs is 1. The van der Waals surface area contributed by atoms with Crippen molar-refractivity contribution >= 4 is 11.2 Å². The standard InChI is InChI=1S/C14H16N4O/c1-14(2,19)11-7-17(8-11)12-3-4-13-10(5-15)6-16-18(13)9-12/h3-4,6,9,11,19H,7-8H2,1-2H3. The Hall–Kier alpha value is -2.06. The molecule has 2 aromatic heterocycles. The maximum absolute atomic E-state index is 9.93. The summed E-state index contributed by atoms with van der Waals surface area (Å²) in [5.41, 5.74) is 1.86. The van der Waals surface area contributed by atoms with Crippen molar-refractivity contribution in [2.24, 2.45) is 5.92 Å². The van der Waals surface area contributed by atoms with E-state index in [1.165, 1.54) is 0 Å². The Labute approximate surface area is 111 Å². The maximum Gasteiger partial charge on any atom is 0.103 e. The van der Waals surface area contributed by atoms with Gasteiger partial charge in [0.05, 0.1) is 34.8 Å². The quantitative estimate of drug-likeness (QED) is 0.882. The molecule has 98 valence electrons. The van der Waals surface area contributed by atoms with Crippen molar-refractivity contribution < 1.29 is 5.11 Å². The third-order valence-corrected chi connectivity index (χ3v) is 3.87. The minimum atomic E-state index is -0.625. The van der Waals surface area contributed by atoms with Gasteiger partial charge in [-0.2, -0.15) is 10.4 Å². The van der Waals surface area contributed by atoms with Gasteiger partial charge in [-0.15, -0.1) is 0 Å². The fourth-order valence-corrected chi connectivity index (χ4v) is 2.38. The van der Waals surface area contributed by atoms with E-state index in [-0.39, 0.29) is 0 Å². The van der Waals surface area contributed by atoms with Gasteiger partial charge in [-0.3, -0.25) is 0 Å². The summed E-state index contributed by atoms with van der Waals surface area (Å²) in [4.78, 5) is 2.20. The van der Waals surface area contributed by atoms with E-state index in [4.69, 9.17) is 5.26 Å². The third-order valence-electron chi connectivity index (χ3n) is 3.87. The van der Waals surface area contributed by atoms with Crippen LogP contribution < -0.4 is 4.90 Å². The molecule has 5 heteroatoms. The molecule has 2 aromatic rings. The lowest BCUT2D eigenvalue weighted by molar-refractivity contribution is 0.00457. The highest BCUT2D eigenvalue weighted by molar-refractivity contribution is 5.63. The van der Waals surface area contributed by atoms with Crippen molar-refractivity contribution in [3.8, 4) is 6.07 Å². The molecule has 0 aromatic carbocycles. The van der Waals surface area contributed by atoms with Gasteiger partial charge in [0.1, 0.15) is 6.07 Å². The van der Waals surface area contributed by atoms with Gasteiger partial charge in [-0.25, -0.2) is 4.52 Å². The molecule has 3 heterocycles. The zero-order chi connectivity index (χ0) is 13.6. The van der Waals surface area contributed by atoms with E-state index >= 15 is 0 Å². The Balaban J connectivity index is 1.83. The zero-order valence-electron chi connectivity index (χ0n) is 11.0. The van der Waals surface area contributed by atoms with Crippen LogP contribution in [0.3, 0.4) is 0 Å². The van der Waals surface area contributed by atoms with Crippen LogP contribution in [0, 0.1) is 17.2 Å². The summed E-state index contributed by atoms with van der Waals surface area (Å²) < 4.78 is 1.73. The first-order chi connectivity index (χ1) is 8.99. The van der Waals surface area contributed by atoms with Gasteiger partial charge in [0, 0.05) is 19.0 Å². The topological polar surface area (TPSA) is 64.6 Å². The largest absolute Gasteiger partial charge is 0.390 e. The van der Waals surface area contributed by atoms with Crippen LogP contribution in [0.4, 0.5) is 5.69 Å². The monoisotopic (exact) mass is 256 g/mol. The predicted octanol–water partition coefficient (Wildman–Crippen LogP) is 1.41. The van der Waals surface area contributed by atoms with Crippen LogP contribution in [0.15, 0.2) is 24.5 Å². The second kappa shape index (κ2) is 3.97. The van der Waals surface area contributed by atoms with Crippen molar-refractivity contribution in [1.82, 2.24) is 9.61 Å². The number of nitriles is 1. The molecule has 19 heavy (non-hydrogen) atoms. The molecule has 5 nitrogen and oxygen atoms in total. The van der Waals surface area contributed by atoms with Gasteiger partial charge >= 0.3 is 0 Å². The number of hydrogen-bond donors (Lipinski definition) is 1. The second-order valence-corrected chi connectivity index (χ2v) is 5.64. The van der Waals surface area contributed by atoms with Crippen LogP contribution >= 0.6 is 0 Å². The minimum absolute atomic E-state index is 0.301. The highest BCUT2D eigenvalue weighted by atomic mass is 16.3. The Bertz CT molecular complexity index is 656. The number of anilines is 1. The van der Waals surface area contributed by atoms with Crippen molar-refractivity contribution in [1.29, 1.82) is 5.26 Å².